The normalized spacial score (nSPS) is 13.0. The Balaban J connectivity index is 1.16. The van der Waals surface area contributed by atoms with Crippen molar-refractivity contribution in [3.05, 3.63) is 168 Å². The van der Waals surface area contributed by atoms with Gasteiger partial charge in [-0.25, -0.2) is 15.0 Å². The maximum atomic E-state index is 9.39. The summed E-state index contributed by atoms with van der Waals surface area (Å²) in [4.78, 5) is 14.8. The van der Waals surface area contributed by atoms with E-state index in [0.29, 0.717) is 23.0 Å². The zero-order valence-electron chi connectivity index (χ0n) is 30.1. The van der Waals surface area contributed by atoms with Gasteiger partial charge >= 0.3 is 0 Å². The lowest BCUT2D eigenvalue weighted by Crippen LogP contribution is -2.16. The molecule has 0 fully saturated rings. The molecule has 0 spiro atoms. The number of thiophene rings is 1. The third kappa shape index (κ3) is 4.60. The molecule has 0 unspecified atom stereocenters. The monoisotopic (exact) mass is 721 g/mol. The van der Waals surface area contributed by atoms with Crippen molar-refractivity contribution in [2.45, 2.75) is 19.3 Å². The van der Waals surface area contributed by atoms with Crippen LogP contribution in [0.15, 0.2) is 152 Å². The van der Waals surface area contributed by atoms with Crippen LogP contribution in [0, 0.1) is 11.3 Å². The van der Waals surface area contributed by atoms with E-state index in [4.69, 9.17) is 15.0 Å². The summed E-state index contributed by atoms with van der Waals surface area (Å²) in [6, 6.07) is 54.9. The van der Waals surface area contributed by atoms with Crippen molar-refractivity contribution in [2.24, 2.45) is 0 Å². The Morgan fingerprint density at radius 2 is 1.16 bits per heavy atom. The summed E-state index contributed by atoms with van der Waals surface area (Å²) < 4.78 is 5.13. The molecule has 258 valence electrons. The second kappa shape index (κ2) is 11.8. The fraction of sp³-hybridized carbons (Fsp3) is 0.0612. The lowest BCUT2D eigenvalue weighted by atomic mass is 9.81. The highest BCUT2D eigenvalue weighted by molar-refractivity contribution is 7.27. The Labute approximate surface area is 321 Å². The molecular weight excluding hydrogens is 691 g/mol. The van der Waals surface area contributed by atoms with Crippen LogP contribution in [0.3, 0.4) is 0 Å². The molecule has 0 saturated carbocycles. The van der Waals surface area contributed by atoms with E-state index in [0.717, 1.165) is 22.4 Å². The van der Waals surface area contributed by atoms with Crippen LogP contribution in [0.5, 0.6) is 0 Å². The minimum atomic E-state index is -0.228. The molecule has 0 bridgehead atoms. The number of rotatable bonds is 4. The SMILES string of the molecule is CC1(C)c2ccccc2-c2c1c1c(c3ccccc3n1-c1ccc(-c3nc(-c4ccccc4)nc(-c4ccc(C#N)cc4)n3)cc1)c1sc3ccccc3c21. The molecule has 10 aromatic rings. The van der Waals surface area contributed by atoms with Gasteiger partial charge in [-0.15, -0.1) is 11.3 Å². The molecule has 0 aliphatic heterocycles. The van der Waals surface area contributed by atoms with Gasteiger partial charge in [-0.3, -0.25) is 0 Å². The third-order valence-corrected chi connectivity index (χ3v) is 12.4. The topological polar surface area (TPSA) is 67.4 Å². The molecule has 1 aliphatic carbocycles. The molecule has 3 aromatic heterocycles. The standard InChI is InChI=1S/C49H31N5S/c1-49(2)37-17-9-6-14-34(37)40-41-36-16-8-11-19-39(36)55-45(41)42-35-15-7-10-18-38(35)54(44(42)43(40)49)33-26-24-32(25-27-33)48-52-46(30-12-4-3-5-13-30)51-47(53-48)31-22-20-29(28-50)21-23-31/h3-27H,1-2H3. The van der Waals surface area contributed by atoms with Crippen LogP contribution >= 0.6 is 11.3 Å². The highest BCUT2D eigenvalue weighted by Gasteiger charge is 2.41. The first-order chi connectivity index (χ1) is 27.0. The smallest absolute Gasteiger partial charge is 0.164 e. The van der Waals surface area contributed by atoms with Crippen LogP contribution in [0.25, 0.3) is 93.0 Å². The molecule has 0 atom stereocenters. The molecule has 6 heteroatoms. The van der Waals surface area contributed by atoms with Gasteiger partial charge in [0.25, 0.3) is 0 Å². The number of para-hydroxylation sites is 1. The van der Waals surface area contributed by atoms with Gasteiger partial charge in [0.05, 0.1) is 22.7 Å². The Hall–Kier alpha value is -6.94. The fourth-order valence-electron chi connectivity index (χ4n) is 8.75. The van der Waals surface area contributed by atoms with Crippen LogP contribution in [0.1, 0.15) is 30.5 Å². The molecular formula is C49H31N5S. The number of nitriles is 1. The highest BCUT2D eigenvalue weighted by Crippen LogP contribution is 2.58. The first-order valence-electron chi connectivity index (χ1n) is 18.4. The molecule has 1 aliphatic rings. The lowest BCUT2D eigenvalue weighted by molar-refractivity contribution is 0.664. The first-order valence-corrected chi connectivity index (χ1v) is 19.2. The number of hydrogen-bond donors (Lipinski definition) is 0. The number of fused-ring (bicyclic) bond motifs is 12. The van der Waals surface area contributed by atoms with Gasteiger partial charge in [0.2, 0.25) is 0 Å². The Morgan fingerprint density at radius 1 is 0.582 bits per heavy atom. The zero-order valence-corrected chi connectivity index (χ0v) is 30.9. The van der Waals surface area contributed by atoms with Crippen molar-refractivity contribution in [3.63, 3.8) is 0 Å². The van der Waals surface area contributed by atoms with E-state index >= 15 is 0 Å². The van der Waals surface area contributed by atoms with Crippen molar-refractivity contribution >= 4 is 53.3 Å². The van der Waals surface area contributed by atoms with E-state index in [2.05, 4.69) is 122 Å². The largest absolute Gasteiger partial charge is 0.309 e. The minimum absolute atomic E-state index is 0.228. The Morgan fingerprint density at radius 3 is 1.87 bits per heavy atom. The van der Waals surface area contributed by atoms with Gasteiger partial charge < -0.3 is 4.57 Å². The van der Waals surface area contributed by atoms with E-state index in [-0.39, 0.29) is 5.41 Å². The molecule has 0 radical (unpaired) electrons. The number of nitrogens with zero attached hydrogens (tertiary/aromatic N) is 5. The minimum Gasteiger partial charge on any atom is -0.309 e. The Kier molecular flexibility index (Phi) is 6.76. The third-order valence-electron chi connectivity index (χ3n) is 11.3. The van der Waals surface area contributed by atoms with Crippen molar-refractivity contribution in [1.82, 2.24) is 19.5 Å². The summed E-state index contributed by atoms with van der Waals surface area (Å²) in [5, 5.41) is 14.6. The summed E-state index contributed by atoms with van der Waals surface area (Å²) in [7, 11) is 0. The van der Waals surface area contributed by atoms with Crippen LogP contribution in [-0.2, 0) is 5.41 Å². The predicted octanol–water partition coefficient (Wildman–Crippen LogP) is 12.5. The fourth-order valence-corrected chi connectivity index (χ4v) is 10.0. The number of aromatic nitrogens is 4. The molecule has 5 nitrogen and oxygen atoms in total. The van der Waals surface area contributed by atoms with E-state index in [1.54, 1.807) is 12.1 Å². The first kappa shape index (κ1) is 31.6. The molecule has 0 saturated heterocycles. The van der Waals surface area contributed by atoms with Crippen molar-refractivity contribution in [3.8, 4) is 57.0 Å². The van der Waals surface area contributed by atoms with Crippen LogP contribution < -0.4 is 0 Å². The molecule has 0 N–H and O–H groups in total. The van der Waals surface area contributed by atoms with Gasteiger partial charge in [0.1, 0.15) is 0 Å². The molecule has 11 rings (SSSR count). The molecule has 0 amide bonds. The van der Waals surface area contributed by atoms with E-state index in [1.807, 2.05) is 53.8 Å². The van der Waals surface area contributed by atoms with E-state index in [1.165, 1.54) is 64.2 Å². The predicted molar refractivity (Wildman–Crippen MR) is 226 cm³/mol. The van der Waals surface area contributed by atoms with Crippen LogP contribution in [0.2, 0.25) is 0 Å². The average molecular weight is 722 g/mol. The average Bonchev–Trinajstić information content (AvgIpc) is 3.87. The van der Waals surface area contributed by atoms with Crippen molar-refractivity contribution in [1.29, 1.82) is 5.26 Å². The number of hydrogen-bond acceptors (Lipinski definition) is 5. The summed E-state index contributed by atoms with van der Waals surface area (Å²) in [6.45, 7) is 4.78. The highest BCUT2D eigenvalue weighted by atomic mass is 32.1. The lowest BCUT2D eigenvalue weighted by Gasteiger charge is -2.24. The zero-order chi connectivity index (χ0) is 36.8. The summed E-state index contributed by atoms with van der Waals surface area (Å²) in [6.07, 6.45) is 0. The quantitative estimate of drug-likeness (QED) is 0.181. The van der Waals surface area contributed by atoms with Crippen molar-refractivity contribution < 1.29 is 0 Å². The molecule has 3 heterocycles. The van der Waals surface area contributed by atoms with Crippen molar-refractivity contribution in [2.75, 3.05) is 0 Å². The molecule has 7 aromatic carbocycles. The summed E-state index contributed by atoms with van der Waals surface area (Å²) in [5.74, 6) is 1.75. The summed E-state index contributed by atoms with van der Waals surface area (Å²) >= 11 is 1.90. The van der Waals surface area contributed by atoms with Gasteiger partial charge in [0.15, 0.2) is 17.5 Å². The second-order valence-electron chi connectivity index (χ2n) is 14.7. The van der Waals surface area contributed by atoms with Gasteiger partial charge in [0, 0.05) is 58.7 Å². The van der Waals surface area contributed by atoms with Crippen LogP contribution in [0.4, 0.5) is 0 Å². The van der Waals surface area contributed by atoms with Gasteiger partial charge in [-0.2, -0.15) is 5.26 Å². The summed E-state index contributed by atoms with van der Waals surface area (Å²) in [5.41, 5.74) is 11.9. The molecule has 55 heavy (non-hydrogen) atoms. The Bertz CT molecular complexity index is 3220. The van der Waals surface area contributed by atoms with Gasteiger partial charge in [-0.1, -0.05) is 105 Å². The van der Waals surface area contributed by atoms with Gasteiger partial charge in [-0.05, 0) is 82.9 Å². The van der Waals surface area contributed by atoms with E-state index in [9.17, 15) is 5.26 Å². The van der Waals surface area contributed by atoms with Crippen LogP contribution in [-0.4, -0.2) is 19.5 Å². The second-order valence-corrected chi connectivity index (χ2v) is 15.8. The number of benzene rings is 7. The van der Waals surface area contributed by atoms with E-state index < -0.39 is 0 Å². The maximum absolute atomic E-state index is 9.39. The maximum Gasteiger partial charge on any atom is 0.164 e.